The molecule has 1 aliphatic carbocycles. The predicted molar refractivity (Wildman–Crippen MR) is 90.7 cm³/mol. The minimum Gasteiger partial charge on any atom is -0.491 e. The molecule has 1 saturated carbocycles. The molecule has 27 heavy (non-hydrogen) atoms. The SMILES string of the molecule is COc1c(F)cc(NCC(=O)NN2C(=O)NC3(CCCCC3)C2=O)cc1F. The first-order valence-corrected chi connectivity index (χ1v) is 8.59. The van der Waals surface area contributed by atoms with Crippen molar-refractivity contribution in [2.45, 2.75) is 37.6 Å². The van der Waals surface area contributed by atoms with Gasteiger partial charge in [0.05, 0.1) is 13.7 Å². The molecule has 146 valence electrons. The van der Waals surface area contributed by atoms with E-state index in [1.807, 2.05) is 0 Å². The number of halogens is 2. The zero-order valence-corrected chi connectivity index (χ0v) is 14.7. The molecule has 1 aromatic carbocycles. The zero-order valence-electron chi connectivity index (χ0n) is 14.7. The number of hydrogen-bond donors (Lipinski definition) is 3. The molecule has 8 nitrogen and oxygen atoms in total. The van der Waals surface area contributed by atoms with Crippen LogP contribution < -0.4 is 20.8 Å². The number of carbonyl (C=O) groups excluding carboxylic acids is 3. The van der Waals surface area contributed by atoms with E-state index in [1.165, 1.54) is 0 Å². The van der Waals surface area contributed by atoms with Gasteiger partial charge in [0.2, 0.25) is 0 Å². The standard InChI is InChI=1S/C17H20F2N4O4/c1-27-14-11(18)7-10(8-12(14)19)20-9-13(24)22-23-15(25)17(21-16(23)26)5-3-2-4-6-17/h7-8,20H,2-6,9H2,1H3,(H,21,26)(H,22,24). The van der Waals surface area contributed by atoms with Crippen LogP contribution in [0.5, 0.6) is 5.75 Å². The molecule has 3 N–H and O–H groups in total. The van der Waals surface area contributed by atoms with Crippen LogP contribution in [0.4, 0.5) is 19.3 Å². The Morgan fingerprint density at radius 3 is 2.44 bits per heavy atom. The number of amides is 4. The number of hydrogen-bond acceptors (Lipinski definition) is 5. The van der Waals surface area contributed by atoms with Gasteiger partial charge in [-0.2, -0.15) is 5.01 Å². The molecular weight excluding hydrogens is 362 g/mol. The maximum absolute atomic E-state index is 13.7. The van der Waals surface area contributed by atoms with Crippen LogP contribution >= 0.6 is 0 Å². The summed E-state index contributed by atoms with van der Waals surface area (Å²) in [6.45, 7) is -0.394. The van der Waals surface area contributed by atoms with Crippen molar-refractivity contribution in [1.29, 1.82) is 0 Å². The Labute approximate surface area is 154 Å². The highest BCUT2D eigenvalue weighted by Gasteiger charge is 2.52. The van der Waals surface area contributed by atoms with Crippen molar-refractivity contribution >= 4 is 23.5 Å². The number of ether oxygens (including phenoxy) is 1. The maximum Gasteiger partial charge on any atom is 0.344 e. The fourth-order valence-electron chi connectivity index (χ4n) is 3.42. The van der Waals surface area contributed by atoms with E-state index >= 15 is 0 Å². The van der Waals surface area contributed by atoms with Crippen LogP contribution in [0, 0.1) is 11.6 Å². The number of anilines is 1. The lowest BCUT2D eigenvalue weighted by Crippen LogP contribution is -2.51. The van der Waals surface area contributed by atoms with E-state index < -0.39 is 47.3 Å². The molecule has 1 heterocycles. The molecule has 0 unspecified atom stereocenters. The Balaban J connectivity index is 1.60. The number of nitrogens with zero attached hydrogens (tertiary/aromatic N) is 1. The van der Waals surface area contributed by atoms with Gasteiger partial charge in [0.15, 0.2) is 17.4 Å². The van der Waals surface area contributed by atoms with Crippen molar-refractivity contribution in [2.24, 2.45) is 0 Å². The summed E-state index contributed by atoms with van der Waals surface area (Å²) in [6.07, 6.45) is 3.71. The highest BCUT2D eigenvalue weighted by atomic mass is 19.1. The van der Waals surface area contributed by atoms with Crippen LogP contribution in [0.2, 0.25) is 0 Å². The minimum absolute atomic E-state index is 0.0156. The quantitative estimate of drug-likeness (QED) is 0.673. The van der Waals surface area contributed by atoms with E-state index in [0.717, 1.165) is 38.5 Å². The van der Waals surface area contributed by atoms with E-state index in [-0.39, 0.29) is 5.69 Å². The zero-order chi connectivity index (χ0) is 19.6. The number of carbonyl (C=O) groups is 3. The van der Waals surface area contributed by atoms with Crippen LogP contribution in [0.25, 0.3) is 0 Å². The van der Waals surface area contributed by atoms with Gasteiger partial charge in [-0.05, 0) is 12.8 Å². The van der Waals surface area contributed by atoms with Gasteiger partial charge in [-0.1, -0.05) is 19.3 Å². The maximum atomic E-state index is 13.7. The topological polar surface area (TPSA) is 99.8 Å². The number of benzene rings is 1. The van der Waals surface area contributed by atoms with Crippen molar-refractivity contribution in [3.05, 3.63) is 23.8 Å². The Morgan fingerprint density at radius 2 is 1.85 bits per heavy atom. The monoisotopic (exact) mass is 382 g/mol. The molecule has 1 aromatic rings. The third-order valence-electron chi connectivity index (χ3n) is 4.76. The molecule has 1 aliphatic heterocycles. The van der Waals surface area contributed by atoms with E-state index in [2.05, 4.69) is 20.8 Å². The summed E-state index contributed by atoms with van der Waals surface area (Å²) in [5.41, 5.74) is 1.30. The van der Waals surface area contributed by atoms with Crippen molar-refractivity contribution in [2.75, 3.05) is 19.0 Å². The first-order valence-electron chi connectivity index (χ1n) is 8.59. The molecule has 4 amide bonds. The second kappa shape index (κ2) is 7.37. The average molecular weight is 382 g/mol. The van der Waals surface area contributed by atoms with Crippen molar-refractivity contribution in [3.8, 4) is 5.75 Å². The number of urea groups is 1. The van der Waals surface area contributed by atoms with Crippen LogP contribution in [0.3, 0.4) is 0 Å². The first-order chi connectivity index (χ1) is 12.9. The van der Waals surface area contributed by atoms with Gasteiger partial charge in [0.1, 0.15) is 5.54 Å². The lowest BCUT2D eigenvalue weighted by molar-refractivity contribution is -0.139. The fourth-order valence-corrected chi connectivity index (χ4v) is 3.42. The van der Waals surface area contributed by atoms with E-state index in [0.29, 0.717) is 17.9 Å². The molecule has 2 aliphatic rings. The minimum atomic E-state index is -0.946. The Morgan fingerprint density at radius 1 is 1.22 bits per heavy atom. The smallest absolute Gasteiger partial charge is 0.344 e. The van der Waals surface area contributed by atoms with E-state index in [1.54, 1.807) is 0 Å². The third kappa shape index (κ3) is 3.64. The molecule has 10 heteroatoms. The molecule has 1 spiro atoms. The number of rotatable bonds is 5. The van der Waals surface area contributed by atoms with E-state index in [4.69, 9.17) is 0 Å². The summed E-state index contributed by atoms with van der Waals surface area (Å²) in [5.74, 6) is -3.56. The second-order valence-corrected chi connectivity index (χ2v) is 6.58. The molecule has 0 radical (unpaired) electrons. The number of imide groups is 1. The number of methoxy groups -OCH3 is 1. The lowest BCUT2D eigenvalue weighted by atomic mass is 9.82. The summed E-state index contributed by atoms with van der Waals surface area (Å²) in [7, 11) is 1.14. The largest absolute Gasteiger partial charge is 0.491 e. The van der Waals surface area contributed by atoms with Crippen LogP contribution in [0.1, 0.15) is 32.1 Å². The third-order valence-corrected chi connectivity index (χ3v) is 4.76. The number of hydrazine groups is 1. The lowest BCUT2D eigenvalue weighted by Gasteiger charge is -2.30. The van der Waals surface area contributed by atoms with Crippen molar-refractivity contribution in [3.63, 3.8) is 0 Å². The predicted octanol–water partition coefficient (Wildman–Crippen LogP) is 1.67. The van der Waals surface area contributed by atoms with Gasteiger partial charge in [-0.25, -0.2) is 13.6 Å². The highest BCUT2D eigenvalue weighted by Crippen LogP contribution is 2.33. The van der Waals surface area contributed by atoms with Crippen LogP contribution in [0.15, 0.2) is 12.1 Å². The van der Waals surface area contributed by atoms with Gasteiger partial charge in [0, 0.05) is 17.8 Å². The molecule has 0 atom stereocenters. The average Bonchev–Trinajstić information content (AvgIpc) is 2.84. The summed E-state index contributed by atoms with van der Waals surface area (Å²) >= 11 is 0. The molecule has 0 aromatic heterocycles. The molecule has 1 saturated heterocycles. The summed E-state index contributed by atoms with van der Waals surface area (Å²) in [5, 5.41) is 5.87. The fraction of sp³-hybridized carbons (Fsp3) is 0.471. The van der Waals surface area contributed by atoms with Gasteiger partial charge in [-0.15, -0.1) is 0 Å². The van der Waals surface area contributed by atoms with Crippen LogP contribution in [-0.4, -0.2) is 42.0 Å². The summed E-state index contributed by atoms with van der Waals surface area (Å²) in [6, 6.07) is 1.26. The Bertz CT molecular complexity index is 757. The Kier molecular flexibility index (Phi) is 5.15. The van der Waals surface area contributed by atoms with Crippen molar-refractivity contribution < 1.29 is 27.9 Å². The molecule has 3 rings (SSSR count). The highest BCUT2D eigenvalue weighted by molar-refractivity contribution is 6.08. The van der Waals surface area contributed by atoms with Gasteiger partial charge >= 0.3 is 6.03 Å². The number of nitrogens with one attached hydrogen (secondary N) is 3. The molecular formula is C17H20F2N4O4. The summed E-state index contributed by atoms with van der Waals surface area (Å²) in [4.78, 5) is 36.7. The first kappa shape index (κ1) is 18.9. The summed E-state index contributed by atoms with van der Waals surface area (Å²) < 4.78 is 31.9. The molecule has 2 fully saturated rings. The van der Waals surface area contributed by atoms with Crippen LogP contribution in [-0.2, 0) is 9.59 Å². The van der Waals surface area contributed by atoms with Gasteiger partial charge in [-0.3, -0.25) is 15.0 Å². The van der Waals surface area contributed by atoms with Crippen molar-refractivity contribution in [1.82, 2.24) is 15.8 Å². The molecule has 0 bridgehead atoms. The van der Waals surface area contributed by atoms with E-state index in [9.17, 15) is 23.2 Å². The Hall–Kier alpha value is -2.91. The van der Waals surface area contributed by atoms with Gasteiger partial charge in [0.25, 0.3) is 11.8 Å². The normalized spacial score (nSPS) is 18.4. The second-order valence-electron chi connectivity index (χ2n) is 6.58. The van der Waals surface area contributed by atoms with Gasteiger partial charge < -0.3 is 15.4 Å².